The molecule has 0 heterocycles. The van der Waals surface area contributed by atoms with Crippen LogP contribution in [0.15, 0.2) is 48.5 Å². The Morgan fingerprint density at radius 1 is 0.958 bits per heavy atom. The van der Waals surface area contributed by atoms with E-state index in [-0.39, 0.29) is 6.54 Å². The highest BCUT2D eigenvalue weighted by Crippen LogP contribution is 2.25. The molecule has 24 heavy (non-hydrogen) atoms. The van der Waals surface area contributed by atoms with Crippen LogP contribution in [0.1, 0.15) is 6.92 Å². The standard InChI is InChI=1S/C17H19N3O4/c1-2-23-13-7-9-15(10-8-13)24-14-5-3-12(4-6-14)19-11-16(21)20-17(18)22/h3-10,19H,2,11H2,1H3,(H3,18,20,21,22). The lowest BCUT2D eigenvalue weighted by Gasteiger charge is -2.09. The summed E-state index contributed by atoms with van der Waals surface area (Å²) < 4.78 is 11.1. The molecule has 0 bridgehead atoms. The summed E-state index contributed by atoms with van der Waals surface area (Å²) in [7, 11) is 0. The largest absolute Gasteiger partial charge is 0.494 e. The van der Waals surface area contributed by atoms with Crippen molar-refractivity contribution in [1.82, 2.24) is 5.32 Å². The SMILES string of the molecule is CCOc1ccc(Oc2ccc(NCC(=O)NC(N)=O)cc2)cc1. The Labute approximate surface area is 139 Å². The highest BCUT2D eigenvalue weighted by Gasteiger charge is 2.04. The van der Waals surface area contributed by atoms with Crippen LogP contribution >= 0.6 is 0 Å². The number of carbonyl (C=O) groups excluding carboxylic acids is 2. The second-order valence-corrected chi connectivity index (χ2v) is 4.80. The quantitative estimate of drug-likeness (QED) is 0.724. The molecule has 0 radical (unpaired) electrons. The summed E-state index contributed by atoms with van der Waals surface area (Å²) >= 11 is 0. The smallest absolute Gasteiger partial charge is 0.318 e. The summed E-state index contributed by atoms with van der Waals surface area (Å²) in [4.78, 5) is 21.8. The fourth-order valence-corrected chi connectivity index (χ4v) is 1.91. The predicted molar refractivity (Wildman–Crippen MR) is 90.3 cm³/mol. The van der Waals surface area contributed by atoms with Crippen LogP contribution in [0.4, 0.5) is 10.5 Å². The first-order chi connectivity index (χ1) is 11.6. The van der Waals surface area contributed by atoms with E-state index in [9.17, 15) is 9.59 Å². The number of hydrogen-bond donors (Lipinski definition) is 3. The second kappa shape index (κ2) is 8.42. The zero-order valence-electron chi connectivity index (χ0n) is 13.2. The summed E-state index contributed by atoms with van der Waals surface area (Å²) in [5, 5.41) is 4.84. The minimum Gasteiger partial charge on any atom is -0.494 e. The Hall–Kier alpha value is -3.22. The molecular weight excluding hydrogens is 310 g/mol. The summed E-state index contributed by atoms with van der Waals surface area (Å²) in [6.07, 6.45) is 0. The van der Waals surface area contributed by atoms with Gasteiger partial charge in [0.25, 0.3) is 0 Å². The molecule has 0 fully saturated rings. The minimum absolute atomic E-state index is 0.0535. The van der Waals surface area contributed by atoms with Crippen molar-refractivity contribution in [3.63, 3.8) is 0 Å². The number of nitrogens with one attached hydrogen (secondary N) is 2. The third kappa shape index (κ3) is 5.53. The molecule has 0 aliphatic rings. The molecule has 0 unspecified atom stereocenters. The third-order valence-corrected chi connectivity index (χ3v) is 2.94. The van der Waals surface area contributed by atoms with Gasteiger partial charge in [-0.3, -0.25) is 10.1 Å². The molecule has 2 rings (SSSR count). The van der Waals surface area contributed by atoms with Gasteiger partial charge in [0.05, 0.1) is 13.2 Å². The number of anilines is 1. The zero-order valence-corrected chi connectivity index (χ0v) is 13.2. The number of urea groups is 1. The number of rotatable bonds is 7. The molecule has 0 saturated heterocycles. The lowest BCUT2D eigenvalue weighted by molar-refractivity contribution is -0.118. The van der Waals surface area contributed by atoms with Gasteiger partial charge in [-0.2, -0.15) is 0 Å². The Kier molecular flexibility index (Phi) is 6.01. The van der Waals surface area contributed by atoms with E-state index in [1.54, 1.807) is 24.3 Å². The maximum atomic E-state index is 11.3. The second-order valence-electron chi connectivity index (χ2n) is 4.80. The topological polar surface area (TPSA) is 103 Å². The molecular formula is C17H19N3O4. The zero-order chi connectivity index (χ0) is 17.4. The van der Waals surface area contributed by atoms with Gasteiger partial charge in [-0.25, -0.2) is 4.79 Å². The molecule has 126 valence electrons. The van der Waals surface area contributed by atoms with E-state index in [0.717, 1.165) is 5.75 Å². The van der Waals surface area contributed by atoms with Gasteiger partial charge in [0.2, 0.25) is 5.91 Å². The average molecular weight is 329 g/mol. The van der Waals surface area contributed by atoms with Crippen molar-refractivity contribution >= 4 is 17.6 Å². The van der Waals surface area contributed by atoms with Crippen LogP contribution in [-0.2, 0) is 4.79 Å². The molecule has 0 aromatic heterocycles. The molecule has 7 heteroatoms. The van der Waals surface area contributed by atoms with Crippen molar-refractivity contribution in [2.75, 3.05) is 18.5 Å². The molecule has 7 nitrogen and oxygen atoms in total. The van der Waals surface area contributed by atoms with Gasteiger partial charge in [0.1, 0.15) is 17.2 Å². The lowest BCUT2D eigenvalue weighted by atomic mass is 10.3. The molecule has 3 amide bonds. The van der Waals surface area contributed by atoms with Crippen molar-refractivity contribution in [2.45, 2.75) is 6.92 Å². The number of ether oxygens (including phenoxy) is 2. The number of nitrogens with two attached hydrogens (primary N) is 1. The van der Waals surface area contributed by atoms with Crippen LogP contribution < -0.4 is 25.8 Å². The average Bonchev–Trinajstić information content (AvgIpc) is 2.56. The van der Waals surface area contributed by atoms with E-state index in [1.165, 1.54) is 0 Å². The van der Waals surface area contributed by atoms with Crippen molar-refractivity contribution in [3.05, 3.63) is 48.5 Å². The molecule has 0 spiro atoms. The predicted octanol–water partition coefficient (Wildman–Crippen LogP) is 2.48. The van der Waals surface area contributed by atoms with Crippen LogP contribution in [0.5, 0.6) is 17.2 Å². The van der Waals surface area contributed by atoms with E-state index in [2.05, 4.69) is 5.32 Å². The first-order valence-electron chi connectivity index (χ1n) is 7.40. The van der Waals surface area contributed by atoms with E-state index in [4.69, 9.17) is 15.2 Å². The van der Waals surface area contributed by atoms with Gasteiger partial charge in [0, 0.05) is 5.69 Å². The fourth-order valence-electron chi connectivity index (χ4n) is 1.91. The van der Waals surface area contributed by atoms with Crippen LogP contribution in [0.2, 0.25) is 0 Å². The number of hydrogen-bond acceptors (Lipinski definition) is 5. The number of amides is 3. The number of primary amides is 1. The van der Waals surface area contributed by atoms with Gasteiger partial charge in [-0.1, -0.05) is 0 Å². The Balaban J connectivity index is 1.87. The monoisotopic (exact) mass is 329 g/mol. The van der Waals surface area contributed by atoms with E-state index in [1.807, 2.05) is 36.5 Å². The van der Waals surface area contributed by atoms with Gasteiger partial charge in [-0.05, 0) is 55.5 Å². The minimum atomic E-state index is -0.874. The lowest BCUT2D eigenvalue weighted by Crippen LogP contribution is -2.38. The summed E-state index contributed by atoms with van der Waals surface area (Å²) in [6.45, 7) is 2.49. The summed E-state index contributed by atoms with van der Waals surface area (Å²) in [5.41, 5.74) is 5.57. The maximum absolute atomic E-state index is 11.3. The van der Waals surface area contributed by atoms with Crippen molar-refractivity contribution in [2.24, 2.45) is 5.73 Å². The number of benzene rings is 2. The molecule has 2 aromatic carbocycles. The summed E-state index contributed by atoms with van der Waals surface area (Å²) in [6, 6.07) is 13.5. The van der Waals surface area contributed by atoms with E-state index < -0.39 is 11.9 Å². The molecule has 0 atom stereocenters. The van der Waals surface area contributed by atoms with Crippen LogP contribution in [0.25, 0.3) is 0 Å². The molecule has 2 aromatic rings. The third-order valence-electron chi connectivity index (χ3n) is 2.94. The first-order valence-corrected chi connectivity index (χ1v) is 7.40. The summed E-state index contributed by atoms with van der Waals surface area (Å²) in [5.74, 6) is 1.64. The van der Waals surface area contributed by atoms with Crippen LogP contribution in [-0.4, -0.2) is 25.1 Å². The molecule has 0 aliphatic heterocycles. The highest BCUT2D eigenvalue weighted by atomic mass is 16.5. The molecule has 0 aliphatic carbocycles. The van der Waals surface area contributed by atoms with E-state index in [0.29, 0.717) is 23.8 Å². The van der Waals surface area contributed by atoms with Crippen LogP contribution in [0.3, 0.4) is 0 Å². The van der Waals surface area contributed by atoms with Crippen molar-refractivity contribution in [3.8, 4) is 17.2 Å². The maximum Gasteiger partial charge on any atom is 0.318 e. The van der Waals surface area contributed by atoms with Crippen molar-refractivity contribution in [1.29, 1.82) is 0 Å². The van der Waals surface area contributed by atoms with Crippen molar-refractivity contribution < 1.29 is 19.1 Å². The first kappa shape index (κ1) is 17.1. The van der Waals surface area contributed by atoms with Gasteiger partial charge in [-0.15, -0.1) is 0 Å². The van der Waals surface area contributed by atoms with Gasteiger partial charge in [0.15, 0.2) is 0 Å². The number of carbonyl (C=O) groups is 2. The van der Waals surface area contributed by atoms with Gasteiger partial charge >= 0.3 is 6.03 Å². The number of imide groups is 1. The van der Waals surface area contributed by atoms with Gasteiger partial charge < -0.3 is 20.5 Å². The molecule has 4 N–H and O–H groups in total. The highest BCUT2D eigenvalue weighted by molar-refractivity contribution is 5.95. The Bertz CT molecular complexity index is 684. The normalized spacial score (nSPS) is 9.88. The van der Waals surface area contributed by atoms with Crippen LogP contribution in [0, 0.1) is 0 Å². The van der Waals surface area contributed by atoms with E-state index >= 15 is 0 Å². The Morgan fingerprint density at radius 3 is 2.04 bits per heavy atom. The fraction of sp³-hybridized carbons (Fsp3) is 0.176. The molecule has 0 saturated carbocycles. The Morgan fingerprint density at radius 2 is 1.50 bits per heavy atom.